The highest BCUT2D eigenvalue weighted by Gasteiger charge is 2.42. The summed E-state index contributed by atoms with van der Waals surface area (Å²) in [6.07, 6.45) is 0.253. The summed E-state index contributed by atoms with van der Waals surface area (Å²) in [4.78, 5) is 45.8. The van der Waals surface area contributed by atoms with E-state index in [2.05, 4.69) is 5.32 Å². The number of rotatable bonds is 6. The molecule has 0 saturated heterocycles. The van der Waals surface area contributed by atoms with E-state index in [-0.39, 0.29) is 30.7 Å². The van der Waals surface area contributed by atoms with Crippen molar-refractivity contribution in [2.75, 3.05) is 35.3 Å². The van der Waals surface area contributed by atoms with E-state index in [0.29, 0.717) is 16.4 Å². The van der Waals surface area contributed by atoms with Gasteiger partial charge in [0.05, 0.1) is 5.69 Å². The lowest BCUT2D eigenvalue weighted by Crippen LogP contribution is -2.55. The Labute approximate surface area is 247 Å². The first-order chi connectivity index (χ1) is 19.3. The Bertz CT molecular complexity index is 1450. The molecule has 2 unspecified atom stereocenters. The first-order valence-corrected chi connectivity index (χ1v) is 14.0. The predicted molar refractivity (Wildman–Crippen MR) is 166 cm³/mol. The highest BCUT2D eigenvalue weighted by molar-refractivity contribution is 6.30. The molecule has 2 atom stereocenters. The smallest absolute Gasteiger partial charge is 0.320 e. The third kappa shape index (κ3) is 6.65. The molecule has 0 radical (unpaired) electrons. The van der Waals surface area contributed by atoms with E-state index >= 15 is 0 Å². The lowest BCUT2D eigenvalue weighted by molar-refractivity contribution is -0.125. The van der Waals surface area contributed by atoms with Gasteiger partial charge in [0.25, 0.3) is 5.91 Å². The monoisotopic (exact) mass is 575 g/mol. The number of fused-ring (bicyclic) bond motifs is 1. The Balaban J connectivity index is 1.93. The number of aryl methyl sites for hydroxylation is 1. The third-order valence-corrected chi connectivity index (χ3v) is 7.44. The van der Waals surface area contributed by atoms with Gasteiger partial charge >= 0.3 is 6.03 Å². The van der Waals surface area contributed by atoms with Gasteiger partial charge in [-0.15, -0.1) is 0 Å². The van der Waals surface area contributed by atoms with E-state index in [1.807, 2.05) is 107 Å². The van der Waals surface area contributed by atoms with Crippen LogP contribution < -0.4 is 25.8 Å². The molecule has 0 spiro atoms. The topological polar surface area (TPSA) is 99.0 Å². The van der Waals surface area contributed by atoms with Gasteiger partial charge in [0.15, 0.2) is 0 Å². The Kier molecular flexibility index (Phi) is 8.63. The SMILES string of the molecule is Cc1cccc2c1N(CC(=O)NC(C)(C)C)C(=O)C(N(C(N)=O)c1cccc(N(C)C)c1)CC2c1ccc(Cl)cc1. The lowest BCUT2D eigenvalue weighted by Gasteiger charge is -2.33. The summed E-state index contributed by atoms with van der Waals surface area (Å²) in [6, 6.07) is 18.9. The molecule has 3 N–H and O–H groups in total. The zero-order valence-electron chi connectivity index (χ0n) is 24.4. The third-order valence-electron chi connectivity index (χ3n) is 7.19. The summed E-state index contributed by atoms with van der Waals surface area (Å²) >= 11 is 6.23. The van der Waals surface area contributed by atoms with Crippen molar-refractivity contribution in [2.45, 2.75) is 51.6 Å². The molecule has 4 amide bonds. The normalized spacial score (nSPS) is 17.0. The largest absolute Gasteiger partial charge is 0.378 e. The van der Waals surface area contributed by atoms with Gasteiger partial charge in [-0.3, -0.25) is 14.5 Å². The fourth-order valence-electron chi connectivity index (χ4n) is 5.44. The van der Waals surface area contributed by atoms with Crippen LogP contribution in [0.5, 0.6) is 0 Å². The minimum atomic E-state index is -0.986. The number of carbonyl (C=O) groups is 3. The second-order valence-electron chi connectivity index (χ2n) is 11.7. The van der Waals surface area contributed by atoms with Crippen molar-refractivity contribution in [1.82, 2.24) is 5.32 Å². The maximum absolute atomic E-state index is 14.6. The van der Waals surface area contributed by atoms with E-state index in [1.54, 1.807) is 6.07 Å². The summed E-state index contributed by atoms with van der Waals surface area (Å²) in [5.74, 6) is -0.968. The van der Waals surface area contributed by atoms with E-state index in [1.165, 1.54) is 9.80 Å². The number of primary amides is 1. The zero-order valence-corrected chi connectivity index (χ0v) is 25.2. The number of nitrogens with two attached hydrogens (primary N) is 1. The number of hydrogen-bond acceptors (Lipinski definition) is 4. The van der Waals surface area contributed by atoms with Gasteiger partial charge < -0.3 is 20.9 Å². The first kappa shape index (κ1) is 29.9. The number of hydrogen-bond donors (Lipinski definition) is 2. The van der Waals surface area contributed by atoms with Crippen LogP contribution in [-0.2, 0) is 9.59 Å². The molecule has 4 rings (SSSR count). The van der Waals surface area contributed by atoms with Gasteiger partial charge in [0, 0.05) is 41.9 Å². The van der Waals surface area contributed by atoms with Crippen molar-refractivity contribution in [3.63, 3.8) is 0 Å². The molecule has 0 fully saturated rings. The molecule has 0 aliphatic carbocycles. The molecule has 1 aliphatic rings. The van der Waals surface area contributed by atoms with Crippen LogP contribution in [0.15, 0.2) is 66.7 Å². The van der Waals surface area contributed by atoms with Crippen LogP contribution in [0.3, 0.4) is 0 Å². The fraction of sp³-hybridized carbons (Fsp3) is 0.344. The summed E-state index contributed by atoms with van der Waals surface area (Å²) in [5, 5.41) is 3.56. The van der Waals surface area contributed by atoms with Crippen molar-refractivity contribution in [2.24, 2.45) is 5.73 Å². The van der Waals surface area contributed by atoms with Crippen molar-refractivity contribution in [3.8, 4) is 0 Å². The summed E-state index contributed by atoms with van der Waals surface area (Å²) in [6.45, 7) is 7.38. The van der Waals surface area contributed by atoms with Crippen LogP contribution in [0, 0.1) is 6.92 Å². The quantitative estimate of drug-likeness (QED) is 0.408. The number of benzene rings is 3. The molecule has 3 aromatic carbocycles. The van der Waals surface area contributed by atoms with Gasteiger partial charge in [-0.05, 0) is 81.1 Å². The predicted octanol–water partition coefficient (Wildman–Crippen LogP) is 5.45. The second-order valence-corrected chi connectivity index (χ2v) is 12.1. The van der Waals surface area contributed by atoms with Gasteiger partial charge in [-0.25, -0.2) is 4.79 Å². The number of anilines is 3. The molecule has 8 nitrogen and oxygen atoms in total. The number of amides is 4. The molecule has 216 valence electrons. The minimum absolute atomic E-state index is 0.206. The number of halogens is 1. The molecule has 9 heteroatoms. The van der Waals surface area contributed by atoms with Crippen molar-refractivity contribution >= 4 is 46.5 Å². The van der Waals surface area contributed by atoms with Crippen molar-refractivity contribution in [3.05, 3.63) is 88.4 Å². The van der Waals surface area contributed by atoms with E-state index in [0.717, 1.165) is 22.4 Å². The highest BCUT2D eigenvalue weighted by Crippen LogP contribution is 2.43. The van der Waals surface area contributed by atoms with E-state index < -0.39 is 17.6 Å². The number of urea groups is 1. The maximum atomic E-state index is 14.6. The van der Waals surface area contributed by atoms with Gasteiger partial charge in [0.1, 0.15) is 12.6 Å². The van der Waals surface area contributed by atoms with Crippen LogP contribution in [0.2, 0.25) is 5.02 Å². The molecule has 0 aromatic heterocycles. The van der Waals surface area contributed by atoms with Crippen molar-refractivity contribution in [1.29, 1.82) is 0 Å². The molecule has 0 bridgehead atoms. The van der Waals surface area contributed by atoms with Crippen LogP contribution in [0.1, 0.15) is 49.8 Å². The lowest BCUT2D eigenvalue weighted by atomic mass is 9.85. The molecular formula is C32H38ClN5O3. The molecular weight excluding hydrogens is 538 g/mol. The summed E-state index contributed by atoms with van der Waals surface area (Å²) in [5.41, 5.74) is 10.2. The minimum Gasteiger partial charge on any atom is -0.378 e. The van der Waals surface area contributed by atoms with Crippen LogP contribution in [0.4, 0.5) is 21.9 Å². The standard InChI is InChI=1S/C32H38ClN5O3/c1-20-9-7-12-25-26(21-13-15-22(33)16-14-21)18-27(30(40)37(29(20)25)19-28(39)35-32(2,3)4)38(31(34)41)24-11-8-10-23(17-24)36(5)6/h7-17,26-27H,18-19H2,1-6H3,(H2,34,41)(H,35,39). The number of para-hydroxylation sites is 1. The average molecular weight is 576 g/mol. The number of nitrogens with one attached hydrogen (secondary N) is 1. The fourth-order valence-corrected chi connectivity index (χ4v) is 5.57. The van der Waals surface area contributed by atoms with Crippen LogP contribution >= 0.6 is 11.6 Å². The Hall–Kier alpha value is -4.04. The van der Waals surface area contributed by atoms with Gasteiger partial charge in [-0.2, -0.15) is 0 Å². The number of nitrogens with zero attached hydrogens (tertiary/aromatic N) is 3. The highest BCUT2D eigenvalue weighted by atomic mass is 35.5. The molecule has 41 heavy (non-hydrogen) atoms. The molecule has 1 heterocycles. The van der Waals surface area contributed by atoms with E-state index in [4.69, 9.17) is 17.3 Å². The summed E-state index contributed by atoms with van der Waals surface area (Å²) < 4.78 is 0. The zero-order chi connectivity index (χ0) is 30.1. The average Bonchev–Trinajstić information content (AvgIpc) is 2.99. The summed E-state index contributed by atoms with van der Waals surface area (Å²) in [7, 11) is 3.80. The van der Waals surface area contributed by atoms with Crippen LogP contribution in [0.25, 0.3) is 0 Å². The maximum Gasteiger partial charge on any atom is 0.320 e. The first-order valence-electron chi connectivity index (χ1n) is 13.6. The molecule has 3 aromatic rings. The Morgan fingerprint density at radius 3 is 2.27 bits per heavy atom. The molecule has 1 aliphatic heterocycles. The van der Waals surface area contributed by atoms with E-state index in [9.17, 15) is 14.4 Å². The van der Waals surface area contributed by atoms with Crippen LogP contribution in [-0.4, -0.2) is 50.1 Å². The Morgan fingerprint density at radius 1 is 1.02 bits per heavy atom. The number of carbonyl (C=O) groups excluding carboxylic acids is 3. The second kappa shape index (κ2) is 11.8. The molecule has 0 saturated carbocycles. The van der Waals surface area contributed by atoms with Gasteiger partial charge in [0.2, 0.25) is 5.91 Å². The van der Waals surface area contributed by atoms with Gasteiger partial charge in [-0.1, -0.05) is 48.0 Å². The van der Waals surface area contributed by atoms with Crippen molar-refractivity contribution < 1.29 is 14.4 Å². The Morgan fingerprint density at radius 2 is 1.66 bits per heavy atom.